The highest BCUT2D eigenvalue weighted by molar-refractivity contribution is 6.30. The number of rotatable bonds is 10. The minimum Gasteiger partial charge on any atom is -0.441 e. The van der Waals surface area contributed by atoms with Gasteiger partial charge in [-0.05, 0) is 85.5 Å². The smallest absolute Gasteiger partial charge is 0.416 e. The van der Waals surface area contributed by atoms with E-state index in [4.69, 9.17) is 25.8 Å². The van der Waals surface area contributed by atoms with Crippen molar-refractivity contribution in [2.45, 2.75) is 44.8 Å². The van der Waals surface area contributed by atoms with E-state index in [1.165, 1.54) is 12.1 Å². The number of benzene rings is 3. The summed E-state index contributed by atoms with van der Waals surface area (Å²) in [5.41, 5.74) is 1.25. The number of hydrogen-bond acceptors (Lipinski definition) is 6. The zero-order chi connectivity index (χ0) is 31.8. The summed E-state index contributed by atoms with van der Waals surface area (Å²) < 4.78 is 57.8. The standard InChI is InChI=1S/C34H33ClF3N3O4/c1-2-43-31-21-25(18-20-41(31)22-23-6-16-29(17-7-23)44-30-5-3-4-19-39-30)32(24-8-10-26(11-9-24)34(36,37)38)45-33(42)40-28-14-12-27(35)13-15-28/h3-17,19,25,31-32H,2,18,20-22H2,1H3,(H,40,42). The molecule has 3 aromatic carbocycles. The van der Waals surface area contributed by atoms with E-state index in [-0.39, 0.29) is 12.1 Å². The first-order valence-corrected chi connectivity index (χ1v) is 15.0. The molecule has 0 saturated carbocycles. The number of carbonyl (C=O) groups is 1. The molecular weight excluding hydrogens is 607 g/mol. The molecule has 1 aromatic heterocycles. The van der Waals surface area contributed by atoms with E-state index in [0.29, 0.717) is 60.4 Å². The van der Waals surface area contributed by atoms with Crippen molar-refractivity contribution in [2.75, 3.05) is 18.5 Å². The second kappa shape index (κ2) is 14.8. The van der Waals surface area contributed by atoms with Crippen molar-refractivity contribution in [3.05, 3.63) is 119 Å². The van der Waals surface area contributed by atoms with E-state index in [0.717, 1.165) is 17.7 Å². The van der Waals surface area contributed by atoms with Gasteiger partial charge in [-0.15, -0.1) is 0 Å². The van der Waals surface area contributed by atoms with Crippen molar-refractivity contribution in [1.29, 1.82) is 0 Å². The van der Waals surface area contributed by atoms with Gasteiger partial charge in [-0.2, -0.15) is 13.2 Å². The summed E-state index contributed by atoms with van der Waals surface area (Å²) in [5.74, 6) is 0.973. The van der Waals surface area contributed by atoms with Gasteiger partial charge in [-0.3, -0.25) is 10.2 Å². The molecule has 1 amide bonds. The Morgan fingerprint density at radius 2 is 1.76 bits per heavy atom. The Bertz CT molecular complexity index is 1520. The van der Waals surface area contributed by atoms with Crippen molar-refractivity contribution in [3.63, 3.8) is 0 Å². The monoisotopic (exact) mass is 639 g/mol. The molecule has 0 bridgehead atoms. The van der Waals surface area contributed by atoms with Crippen molar-refractivity contribution in [1.82, 2.24) is 9.88 Å². The first-order chi connectivity index (χ1) is 21.7. The zero-order valence-corrected chi connectivity index (χ0v) is 25.3. The number of ether oxygens (including phenoxy) is 3. The van der Waals surface area contributed by atoms with Gasteiger partial charge in [-0.25, -0.2) is 9.78 Å². The lowest BCUT2D eigenvalue weighted by Gasteiger charge is -2.41. The first-order valence-electron chi connectivity index (χ1n) is 14.6. The van der Waals surface area contributed by atoms with Gasteiger partial charge in [0.2, 0.25) is 5.88 Å². The highest BCUT2D eigenvalue weighted by atomic mass is 35.5. The topological polar surface area (TPSA) is 72.9 Å². The molecule has 1 N–H and O–H groups in total. The van der Waals surface area contributed by atoms with Crippen LogP contribution in [0.4, 0.5) is 23.7 Å². The van der Waals surface area contributed by atoms with E-state index in [9.17, 15) is 18.0 Å². The van der Waals surface area contributed by atoms with Gasteiger partial charge in [0.25, 0.3) is 0 Å². The largest absolute Gasteiger partial charge is 0.441 e. The number of aromatic nitrogens is 1. The lowest BCUT2D eigenvalue weighted by Crippen LogP contribution is -2.45. The van der Waals surface area contributed by atoms with Crippen LogP contribution in [0.1, 0.15) is 42.6 Å². The molecule has 11 heteroatoms. The fraction of sp³-hybridized carbons (Fsp3) is 0.294. The van der Waals surface area contributed by atoms with Crippen LogP contribution in [0, 0.1) is 5.92 Å². The summed E-state index contributed by atoms with van der Waals surface area (Å²) in [4.78, 5) is 19.4. The van der Waals surface area contributed by atoms with Crippen molar-refractivity contribution >= 4 is 23.4 Å². The molecule has 4 aromatic rings. The fourth-order valence-corrected chi connectivity index (χ4v) is 5.47. The quantitative estimate of drug-likeness (QED) is 0.187. The Morgan fingerprint density at radius 1 is 1.02 bits per heavy atom. The molecule has 5 rings (SSSR count). The number of likely N-dealkylation sites (tertiary alicyclic amines) is 1. The molecule has 2 heterocycles. The minimum atomic E-state index is -4.48. The maximum absolute atomic E-state index is 13.3. The third-order valence-corrected chi connectivity index (χ3v) is 7.80. The number of piperidine rings is 1. The average Bonchev–Trinajstić information content (AvgIpc) is 3.03. The van der Waals surface area contributed by atoms with E-state index < -0.39 is 23.9 Å². The van der Waals surface area contributed by atoms with Gasteiger partial charge in [0.15, 0.2) is 0 Å². The third-order valence-electron chi connectivity index (χ3n) is 7.55. The average molecular weight is 640 g/mol. The maximum atomic E-state index is 13.3. The lowest BCUT2D eigenvalue weighted by atomic mass is 9.86. The van der Waals surface area contributed by atoms with Crippen molar-refractivity contribution < 1.29 is 32.2 Å². The molecule has 1 saturated heterocycles. The molecule has 0 spiro atoms. The number of amides is 1. The molecule has 3 atom stereocenters. The Hall–Kier alpha value is -4.12. The zero-order valence-electron chi connectivity index (χ0n) is 24.5. The number of carbonyl (C=O) groups excluding carboxylic acids is 1. The van der Waals surface area contributed by atoms with E-state index >= 15 is 0 Å². The van der Waals surface area contributed by atoms with E-state index in [1.54, 1.807) is 36.5 Å². The number of alkyl halides is 3. The Balaban J connectivity index is 1.30. The molecule has 1 fully saturated rings. The van der Waals surface area contributed by atoms with Crippen LogP contribution in [0.2, 0.25) is 5.02 Å². The summed E-state index contributed by atoms with van der Waals surface area (Å²) in [6.07, 6.45) is -3.48. The van der Waals surface area contributed by atoms with Crippen LogP contribution in [0.5, 0.6) is 11.6 Å². The first kappa shape index (κ1) is 32.3. The van der Waals surface area contributed by atoms with Crippen molar-refractivity contribution in [3.8, 4) is 11.6 Å². The van der Waals surface area contributed by atoms with Crippen LogP contribution in [-0.2, 0) is 22.2 Å². The van der Waals surface area contributed by atoms with Crippen LogP contribution >= 0.6 is 11.6 Å². The molecule has 236 valence electrons. The van der Waals surface area contributed by atoms with Gasteiger partial charge < -0.3 is 14.2 Å². The number of pyridine rings is 1. The maximum Gasteiger partial charge on any atom is 0.416 e. The van der Waals surface area contributed by atoms with Crippen LogP contribution in [0.3, 0.4) is 0 Å². The molecular formula is C34H33ClF3N3O4. The molecule has 7 nitrogen and oxygen atoms in total. The molecule has 0 aliphatic carbocycles. The number of nitrogens with zero attached hydrogens (tertiary/aromatic N) is 2. The SMILES string of the molecule is CCOC1CC(C(OC(=O)Nc2ccc(Cl)cc2)c2ccc(C(F)(F)F)cc2)CCN1Cc1ccc(Oc2ccccn2)cc1. The van der Waals surface area contributed by atoms with Gasteiger partial charge in [0.05, 0.1) is 5.56 Å². The fourth-order valence-electron chi connectivity index (χ4n) is 5.34. The lowest BCUT2D eigenvalue weighted by molar-refractivity contribution is -0.137. The van der Waals surface area contributed by atoms with Gasteiger partial charge >= 0.3 is 12.3 Å². The van der Waals surface area contributed by atoms with Gasteiger partial charge in [0, 0.05) is 48.6 Å². The van der Waals surface area contributed by atoms with Crippen LogP contribution in [-0.4, -0.2) is 35.4 Å². The third kappa shape index (κ3) is 8.97. The van der Waals surface area contributed by atoms with E-state index in [2.05, 4.69) is 15.2 Å². The van der Waals surface area contributed by atoms with Crippen molar-refractivity contribution in [2.24, 2.45) is 5.92 Å². The number of anilines is 1. The molecule has 3 unspecified atom stereocenters. The summed E-state index contributed by atoms with van der Waals surface area (Å²) >= 11 is 5.95. The molecule has 0 radical (unpaired) electrons. The number of halogens is 4. The Morgan fingerprint density at radius 3 is 2.40 bits per heavy atom. The molecule has 1 aliphatic rings. The van der Waals surface area contributed by atoms with E-state index in [1.807, 2.05) is 43.3 Å². The second-order valence-corrected chi connectivity index (χ2v) is 11.1. The summed E-state index contributed by atoms with van der Waals surface area (Å²) in [6, 6.07) is 24.5. The predicted octanol–water partition coefficient (Wildman–Crippen LogP) is 9.11. The minimum absolute atomic E-state index is 0.209. The summed E-state index contributed by atoms with van der Waals surface area (Å²) in [7, 11) is 0. The van der Waals surface area contributed by atoms with Crippen LogP contribution in [0.15, 0.2) is 97.2 Å². The molecule has 45 heavy (non-hydrogen) atoms. The van der Waals surface area contributed by atoms with Gasteiger partial charge in [-0.1, -0.05) is 41.9 Å². The van der Waals surface area contributed by atoms with Gasteiger partial charge in [0.1, 0.15) is 18.1 Å². The second-order valence-electron chi connectivity index (χ2n) is 10.7. The highest BCUT2D eigenvalue weighted by Gasteiger charge is 2.37. The summed E-state index contributed by atoms with van der Waals surface area (Å²) in [5, 5.41) is 3.20. The Kier molecular flexibility index (Phi) is 10.6. The Labute approximate surface area is 264 Å². The number of nitrogens with one attached hydrogen (secondary N) is 1. The normalized spacial score (nSPS) is 17.8. The molecule has 1 aliphatic heterocycles. The predicted molar refractivity (Wildman–Crippen MR) is 165 cm³/mol. The summed E-state index contributed by atoms with van der Waals surface area (Å²) in [6.45, 7) is 3.62. The van der Waals surface area contributed by atoms with Crippen LogP contribution in [0.25, 0.3) is 0 Å². The van der Waals surface area contributed by atoms with Crippen LogP contribution < -0.4 is 10.1 Å². The highest BCUT2D eigenvalue weighted by Crippen LogP contribution is 2.39. The number of hydrogen-bond donors (Lipinski definition) is 1.